The van der Waals surface area contributed by atoms with Crippen LogP contribution in [0, 0.1) is 20.8 Å². The second-order valence-corrected chi connectivity index (χ2v) is 7.67. The number of thioether (sulfide) groups is 1. The second-order valence-electron chi connectivity index (χ2n) is 5.54. The van der Waals surface area contributed by atoms with Crippen LogP contribution in [0.4, 0.5) is 0 Å². The van der Waals surface area contributed by atoms with Crippen LogP contribution in [-0.2, 0) is 6.54 Å². The van der Waals surface area contributed by atoms with Crippen LogP contribution < -0.4 is 0 Å². The van der Waals surface area contributed by atoms with Crippen molar-refractivity contribution in [1.82, 2.24) is 14.5 Å². The van der Waals surface area contributed by atoms with Gasteiger partial charge in [0.2, 0.25) is 0 Å². The molecule has 2 heterocycles. The fourth-order valence-electron chi connectivity index (χ4n) is 2.30. The van der Waals surface area contributed by atoms with E-state index in [1.807, 2.05) is 23.2 Å². The van der Waals surface area contributed by atoms with Gasteiger partial charge in [0, 0.05) is 16.8 Å². The number of nitrogens with zero attached hydrogens (tertiary/aromatic N) is 3. The second kappa shape index (κ2) is 6.40. The lowest BCUT2D eigenvalue weighted by Gasteiger charge is -2.11. The van der Waals surface area contributed by atoms with E-state index >= 15 is 0 Å². The van der Waals surface area contributed by atoms with Crippen molar-refractivity contribution in [3.63, 3.8) is 0 Å². The highest BCUT2D eigenvalue weighted by atomic mass is 32.2. The van der Waals surface area contributed by atoms with E-state index in [0.29, 0.717) is 12.3 Å². The third kappa shape index (κ3) is 3.34. The molecule has 3 aromatic rings. The van der Waals surface area contributed by atoms with Crippen molar-refractivity contribution in [2.24, 2.45) is 0 Å². The minimum Gasteiger partial charge on any atom is -0.390 e. The number of aliphatic hydroxyl groups excluding tert-OH is 1. The molecular formula is C16H19N3OS2. The standard InChI is InChI=1S/C16H19N3OS2/c1-10-4-14-15(5-11(10)2)19(9-17-14)6-13(20)8-22-16-18-12(3)7-21-16/h4-5,7,9,13,20H,6,8H2,1-3H3. The predicted octanol–water partition coefficient (Wildman–Crippen LogP) is 3.57. The van der Waals surface area contributed by atoms with Crippen molar-refractivity contribution in [3.05, 3.63) is 40.7 Å². The largest absolute Gasteiger partial charge is 0.390 e. The molecule has 1 unspecified atom stereocenters. The zero-order chi connectivity index (χ0) is 15.7. The Labute approximate surface area is 138 Å². The molecule has 0 aliphatic carbocycles. The summed E-state index contributed by atoms with van der Waals surface area (Å²) in [6.45, 7) is 6.73. The molecule has 0 aliphatic rings. The van der Waals surface area contributed by atoms with E-state index in [-0.39, 0.29) is 0 Å². The normalized spacial score (nSPS) is 12.9. The molecular weight excluding hydrogens is 314 g/mol. The minimum atomic E-state index is -0.423. The Bertz CT molecular complexity index is 794. The summed E-state index contributed by atoms with van der Waals surface area (Å²) >= 11 is 3.23. The number of hydrogen-bond acceptors (Lipinski definition) is 5. The van der Waals surface area contributed by atoms with E-state index < -0.39 is 6.10 Å². The lowest BCUT2D eigenvalue weighted by atomic mass is 10.1. The molecule has 0 saturated carbocycles. The van der Waals surface area contributed by atoms with Crippen LogP contribution in [0.1, 0.15) is 16.8 Å². The van der Waals surface area contributed by atoms with Gasteiger partial charge < -0.3 is 9.67 Å². The van der Waals surface area contributed by atoms with Gasteiger partial charge in [0.25, 0.3) is 0 Å². The molecule has 2 aromatic heterocycles. The Hall–Kier alpha value is -1.37. The maximum atomic E-state index is 10.3. The van der Waals surface area contributed by atoms with Crippen molar-refractivity contribution in [2.45, 2.75) is 37.8 Å². The predicted molar refractivity (Wildman–Crippen MR) is 92.8 cm³/mol. The summed E-state index contributed by atoms with van der Waals surface area (Å²) in [6, 6.07) is 4.24. The molecule has 0 saturated heterocycles. The number of hydrogen-bond donors (Lipinski definition) is 1. The van der Waals surface area contributed by atoms with E-state index in [2.05, 4.69) is 35.9 Å². The van der Waals surface area contributed by atoms with Crippen LogP contribution >= 0.6 is 23.1 Å². The van der Waals surface area contributed by atoms with Crippen molar-refractivity contribution in [2.75, 3.05) is 5.75 Å². The Kier molecular flexibility index (Phi) is 4.52. The summed E-state index contributed by atoms with van der Waals surface area (Å²) in [6.07, 6.45) is 1.39. The van der Waals surface area contributed by atoms with Gasteiger partial charge in [-0.25, -0.2) is 9.97 Å². The Balaban J connectivity index is 1.68. The fourth-order valence-corrected chi connectivity index (χ4v) is 4.09. The Morgan fingerprint density at radius 2 is 2.05 bits per heavy atom. The SMILES string of the molecule is Cc1csc(SCC(O)Cn2cnc3cc(C)c(C)cc32)n1. The topological polar surface area (TPSA) is 50.9 Å². The lowest BCUT2D eigenvalue weighted by molar-refractivity contribution is 0.179. The highest BCUT2D eigenvalue weighted by Gasteiger charge is 2.11. The molecule has 1 aromatic carbocycles. The first-order chi connectivity index (χ1) is 10.5. The maximum absolute atomic E-state index is 10.3. The average Bonchev–Trinajstić information content (AvgIpc) is 3.05. The summed E-state index contributed by atoms with van der Waals surface area (Å²) in [5, 5.41) is 12.3. The van der Waals surface area contributed by atoms with Gasteiger partial charge in [0.15, 0.2) is 0 Å². The Morgan fingerprint density at radius 1 is 1.27 bits per heavy atom. The molecule has 22 heavy (non-hydrogen) atoms. The van der Waals surface area contributed by atoms with Crippen molar-refractivity contribution >= 4 is 34.1 Å². The molecule has 0 radical (unpaired) electrons. The number of aliphatic hydroxyl groups is 1. The summed E-state index contributed by atoms with van der Waals surface area (Å²) < 4.78 is 3.04. The number of rotatable bonds is 5. The third-order valence-electron chi connectivity index (χ3n) is 3.64. The fraction of sp³-hybridized carbons (Fsp3) is 0.375. The zero-order valence-electron chi connectivity index (χ0n) is 12.9. The zero-order valence-corrected chi connectivity index (χ0v) is 14.5. The molecule has 0 amide bonds. The van der Waals surface area contributed by atoms with Crippen LogP contribution in [0.3, 0.4) is 0 Å². The molecule has 0 bridgehead atoms. The number of fused-ring (bicyclic) bond motifs is 1. The molecule has 3 rings (SSSR count). The average molecular weight is 333 g/mol. The summed E-state index contributed by atoms with van der Waals surface area (Å²) in [5.74, 6) is 0.636. The summed E-state index contributed by atoms with van der Waals surface area (Å²) in [4.78, 5) is 8.83. The maximum Gasteiger partial charge on any atom is 0.150 e. The highest BCUT2D eigenvalue weighted by Crippen LogP contribution is 2.24. The van der Waals surface area contributed by atoms with E-state index in [0.717, 1.165) is 21.1 Å². The van der Waals surface area contributed by atoms with E-state index in [4.69, 9.17) is 0 Å². The molecule has 116 valence electrons. The van der Waals surface area contributed by atoms with Gasteiger partial charge in [0.1, 0.15) is 4.34 Å². The molecule has 0 aliphatic heterocycles. The molecule has 0 fully saturated rings. The van der Waals surface area contributed by atoms with Gasteiger partial charge in [0.05, 0.1) is 30.0 Å². The van der Waals surface area contributed by atoms with E-state index in [9.17, 15) is 5.11 Å². The minimum absolute atomic E-state index is 0.423. The molecule has 6 heteroatoms. The number of aromatic nitrogens is 3. The summed E-state index contributed by atoms with van der Waals surface area (Å²) in [7, 11) is 0. The van der Waals surface area contributed by atoms with Crippen LogP contribution in [-0.4, -0.2) is 31.5 Å². The van der Waals surface area contributed by atoms with E-state index in [1.54, 1.807) is 23.1 Å². The number of benzene rings is 1. The van der Waals surface area contributed by atoms with Crippen molar-refractivity contribution in [1.29, 1.82) is 0 Å². The summed E-state index contributed by atoms with van der Waals surface area (Å²) in [5.41, 5.74) is 5.59. The first-order valence-corrected chi connectivity index (χ1v) is 9.04. The van der Waals surface area contributed by atoms with Gasteiger partial charge in [-0.2, -0.15) is 0 Å². The quantitative estimate of drug-likeness (QED) is 0.725. The molecule has 0 spiro atoms. The highest BCUT2D eigenvalue weighted by molar-refractivity contribution is 8.01. The van der Waals surface area contributed by atoms with Crippen molar-refractivity contribution < 1.29 is 5.11 Å². The van der Waals surface area contributed by atoms with Crippen molar-refractivity contribution in [3.8, 4) is 0 Å². The van der Waals surface area contributed by atoms with Gasteiger partial charge in [-0.3, -0.25) is 0 Å². The molecule has 4 nitrogen and oxygen atoms in total. The first-order valence-electron chi connectivity index (χ1n) is 7.18. The number of thiazole rings is 1. The van der Waals surface area contributed by atoms with Gasteiger partial charge >= 0.3 is 0 Å². The number of aryl methyl sites for hydroxylation is 3. The van der Waals surface area contributed by atoms with Crippen LogP contribution in [0.5, 0.6) is 0 Å². The van der Waals surface area contributed by atoms with Crippen LogP contribution in [0.2, 0.25) is 0 Å². The van der Waals surface area contributed by atoms with E-state index in [1.165, 1.54) is 11.1 Å². The lowest BCUT2D eigenvalue weighted by Crippen LogP contribution is -2.18. The first kappa shape index (κ1) is 15.5. The Morgan fingerprint density at radius 3 is 2.77 bits per heavy atom. The van der Waals surface area contributed by atoms with Gasteiger partial charge in [-0.1, -0.05) is 11.8 Å². The van der Waals surface area contributed by atoms with Gasteiger partial charge in [-0.15, -0.1) is 11.3 Å². The smallest absolute Gasteiger partial charge is 0.150 e. The third-order valence-corrected chi connectivity index (χ3v) is 5.92. The van der Waals surface area contributed by atoms with Crippen LogP contribution in [0.15, 0.2) is 28.2 Å². The van der Waals surface area contributed by atoms with Gasteiger partial charge in [-0.05, 0) is 44.0 Å². The molecule has 1 N–H and O–H groups in total. The van der Waals surface area contributed by atoms with Crippen LogP contribution in [0.25, 0.3) is 11.0 Å². The monoisotopic (exact) mass is 333 g/mol. The number of imidazole rings is 1. The molecule has 1 atom stereocenters.